The van der Waals surface area contributed by atoms with Crippen LogP contribution in [0.4, 0.5) is 13.2 Å². The van der Waals surface area contributed by atoms with Gasteiger partial charge in [-0.15, -0.1) is 0 Å². The highest BCUT2D eigenvalue weighted by Crippen LogP contribution is 2.47. The molecule has 0 aliphatic carbocycles. The van der Waals surface area contributed by atoms with Gasteiger partial charge >= 0.3 is 6.18 Å². The van der Waals surface area contributed by atoms with Gasteiger partial charge in [0.1, 0.15) is 5.41 Å². The van der Waals surface area contributed by atoms with Gasteiger partial charge in [0.2, 0.25) is 0 Å². The number of hydrogen-bond donors (Lipinski definition) is 0. The molecule has 0 N–H and O–H groups in total. The van der Waals surface area contributed by atoms with Gasteiger partial charge < -0.3 is 0 Å². The molecular weight excluding hydrogens is 1420 g/mol. The molecule has 0 fully saturated rings. The van der Waals surface area contributed by atoms with Gasteiger partial charge in [-0.25, -0.2) is 0 Å². The lowest BCUT2D eigenvalue weighted by Crippen LogP contribution is -2.40. The van der Waals surface area contributed by atoms with E-state index in [2.05, 4.69) is 253 Å². The molecule has 0 spiro atoms. The summed E-state index contributed by atoms with van der Waals surface area (Å²) < 4.78 is 41.8. The molecule has 0 bridgehead atoms. The first kappa shape index (κ1) is 92.2. The maximum Gasteiger partial charge on any atom is 0.402 e. The lowest BCUT2D eigenvalue weighted by molar-refractivity contribution is -0.173. The Hall–Kier alpha value is -11.0. The predicted molar refractivity (Wildman–Crippen MR) is 493 cm³/mol. The molecule has 0 atom stereocenters. The fourth-order valence-corrected chi connectivity index (χ4v) is 13.6. The number of aryl methyl sites for hydroxylation is 24. The number of alkyl halides is 3. The average Bonchev–Trinajstić information content (AvgIpc) is 0.747. The Morgan fingerprint density at radius 3 is 0.759 bits per heavy atom. The molecule has 0 amide bonds. The van der Waals surface area contributed by atoms with E-state index >= 15 is 0 Å². The number of hydrogen-bond acceptors (Lipinski definition) is 2. The van der Waals surface area contributed by atoms with E-state index in [1.165, 1.54) is 146 Å². The van der Waals surface area contributed by atoms with Gasteiger partial charge in [0, 0.05) is 22.3 Å². The van der Waals surface area contributed by atoms with E-state index in [4.69, 9.17) is 0 Å². The van der Waals surface area contributed by atoms with Crippen LogP contribution in [0.3, 0.4) is 0 Å². The second-order valence-corrected chi connectivity index (χ2v) is 32.7. The molecule has 116 heavy (non-hydrogen) atoms. The van der Waals surface area contributed by atoms with Crippen molar-refractivity contribution in [3.63, 3.8) is 0 Å². The summed E-state index contributed by atoms with van der Waals surface area (Å²) in [6, 6.07) is 77.5. The smallest absolute Gasteiger partial charge is 0.289 e. The molecule has 0 saturated heterocycles. The molecule has 0 aliphatic heterocycles. The molecule has 5 heteroatoms. The quantitative estimate of drug-likeness (QED) is 0.135. The van der Waals surface area contributed by atoms with Gasteiger partial charge in [0.05, 0.1) is 0 Å². The summed E-state index contributed by atoms with van der Waals surface area (Å²) in [4.78, 5) is 24.9. The van der Waals surface area contributed by atoms with E-state index in [0.717, 1.165) is 72.3 Å². The third-order valence-electron chi connectivity index (χ3n) is 24.3. The molecule has 0 radical (unpaired) electrons. The minimum Gasteiger partial charge on any atom is -0.289 e. The monoisotopic (exact) mass is 1550 g/mol. The van der Waals surface area contributed by atoms with Crippen LogP contribution >= 0.6 is 0 Å². The molecule has 0 heterocycles. The standard InChI is InChI=1S/C19H21F3.2C17H18O.3C16H18.C10H14/c1-12-6-8-16(10-14(12)3)18(5,19(20,21)22)17-9-7-13(2)15(4)11-17;1-11-5-7-15(9-13(11)3)17(18)16-8-6-12(2)14(4)10-16;1-11-8-9-15(10-13(11)3)17(18)16-7-5-6-12(2)14(16)4;1-11-5-7-15(9-13(11)3)16-8-6-12(2)14(4)10-16;1-11-7-5-9-15(13(11)3)16-10-6-8-12(2)14(16)4;1-11-8-9-15(10-13(11)3)16-7-5-6-12(2)14(16)4;1-7-5-9(3)10(4)6-8(7)2/h6-11H,1-5H3;2*5-10H,1-4H3;3*5-10H,1-4H3;5-6H,1-4H3. The maximum absolute atomic E-state index is 13.9. The minimum absolute atomic E-state index is 0.0983. The van der Waals surface area contributed by atoms with E-state index < -0.39 is 11.6 Å². The van der Waals surface area contributed by atoms with Crippen LogP contribution in [0.1, 0.15) is 206 Å². The highest BCUT2D eigenvalue weighted by Gasteiger charge is 2.53. The fourth-order valence-electron chi connectivity index (χ4n) is 13.6. The van der Waals surface area contributed by atoms with Crippen molar-refractivity contribution in [2.45, 2.75) is 212 Å². The summed E-state index contributed by atoms with van der Waals surface area (Å²) in [5.41, 5.74) is 44.7. The molecule has 0 unspecified atom stereocenters. The normalized spacial score (nSPS) is 10.8. The molecule has 13 aromatic rings. The van der Waals surface area contributed by atoms with Crippen molar-refractivity contribution < 1.29 is 22.8 Å². The Bertz CT molecular complexity index is 5420. The SMILES string of the molecule is Cc1cc(C)c(C)cc1C.Cc1ccc(-c2ccc(C)c(C)c2)cc1C.Cc1ccc(-c2cccc(C)c2C)cc1C.Cc1ccc(C(=O)c2ccc(C)c(C)c2)cc1C.Cc1ccc(C(=O)c2cccc(C)c2C)cc1C.Cc1ccc(C(C)(c2ccc(C)c(C)c2)C(F)(F)F)cc1C.Cc1cccc(-c2cccc(C)c2C)c1C. The first-order valence-electron chi connectivity index (χ1n) is 40.5. The summed E-state index contributed by atoms with van der Waals surface area (Å²) in [6.07, 6.45) is -4.36. The second-order valence-electron chi connectivity index (χ2n) is 32.7. The number of carbonyl (C=O) groups is 2. The molecule has 602 valence electrons. The molecule has 13 rings (SSSR count). The Kier molecular flexibility index (Phi) is 32.2. The number of halogens is 3. The zero-order valence-electron chi connectivity index (χ0n) is 74.9. The van der Waals surface area contributed by atoms with Crippen LogP contribution in [0.15, 0.2) is 231 Å². The van der Waals surface area contributed by atoms with E-state index in [0.29, 0.717) is 0 Å². The van der Waals surface area contributed by atoms with Crippen LogP contribution < -0.4 is 0 Å². The van der Waals surface area contributed by atoms with Gasteiger partial charge in [-0.05, 0) is 419 Å². The van der Waals surface area contributed by atoms with Crippen molar-refractivity contribution in [1.29, 1.82) is 0 Å². The Morgan fingerprint density at radius 2 is 0.448 bits per heavy atom. The van der Waals surface area contributed by atoms with Crippen LogP contribution in [0.5, 0.6) is 0 Å². The molecule has 0 aliphatic rings. The molecule has 0 aromatic heterocycles. The van der Waals surface area contributed by atoms with Crippen molar-refractivity contribution in [1.82, 2.24) is 0 Å². The van der Waals surface area contributed by atoms with Gasteiger partial charge in [0.15, 0.2) is 11.6 Å². The summed E-state index contributed by atoms with van der Waals surface area (Å²) in [7, 11) is 0. The lowest BCUT2D eigenvalue weighted by atomic mass is 9.74. The van der Waals surface area contributed by atoms with E-state index in [1.54, 1.807) is 36.4 Å². The highest BCUT2D eigenvalue weighted by molar-refractivity contribution is 6.10. The second kappa shape index (κ2) is 40.5. The Morgan fingerprint density at radius 1 is 0.207 bits per heavy atom. The summed E-state index contributed by atoms with van der Waals surface area (Å²) >= 11 is 0. The number of benzene rings is 13. The largest absolute Gasteiger partial charge is 0.402 e. The van der Waals surface area contributed by atoms with E-state index in [-0.39, 0.29) is 22.7 Å². The number of rotatable bonds is 9. The zero-order chi connectivity index (χ0) is 86.1. The van der Waals surface area contributed by atoms with Crippen LogP contribution in [0.25, 0.3) is 33.4 Å². The number of carbonyl (C=O) groups excluding carboxylic acids is 2. The van der Waals surface area contributed by atoms with Crippen LogP contribution in [0.2, 0.25) is 0 Å². The van der Waals surface area contributed by atoms with Crippen molar-refractivity contribution in [2.24, 2.45) is 0 Å². The van der Waals surface area contributed by atoms with E-state index in [1.807, 2.05) is 135 Å². The molecule has 13 aromatic carbocycles. The molecule has 0 saturated carbocycles. The summed E-state index contributed by atoms with van der Waals surface area (Å²) in [5.74, 6) is 0.209. The van der Waals surface area contributed by atoms with Crippen LogP contribution in [-0.4, -0.2) is 17.7 Å². The van der Waals surface area contributed by atoms with Gasteiger partial charge in [0.25, 0.3) is 0 Å². The van der Waals surface area contributed by atoms with Crippen molar-refractivity contribution in [2.75, 3.05) is 0 Å². The minimum atomic E-state index is -4.36. The van der Waals surface area contributed by atoms with Gasteiger partial charge in [-0.3, -0.25) is 9.59 Å². The van der Waals surface area contributed by atoms with Gasteiger partial charge in [-0.1, -0.05) is 212 Å². The maximum atomic E-state index is 13.9. The first-order valence-corrected chi connectivity index (χ1v) is 40.5. The van der Waals surface area contributed by atoms with Crippen LogP contribution in [-0.2, 0) is 5.41 Å². The lowest BCUT2D eigenvalue weighted by Gasteiger charge is -2.34. The van der Waals surface area contributed by atoms with Gasteiger partial charge in [-0.2, -0.15) is 13.2 Å². The van der Waals surface area contributed by atoms with Crippen molar-refractivity contribution in [3.8, 4) is 33.4 Å². The summed E-state index contributed by atoms with van der Waals surface area (Å²) in [5, 5.41) is 0. The zero-order valence-corrected chi connectivity index (χ0v) is 74.9. The Balaban J connectivity index is 0.000000189. The third kappa shape index (κ3) is 23.4. The predicted octanol–water partition coefficient (Wildman–Crippen LogP) is 30.8. The van der Waals surface area contributed by atoms with E-state index in [9.17, 15) is 22.8 Å². The average molecular weight is 1550 g/mol. The topological polar surface area (TPSA) is 34.1 Å². The summed E-state index contributed by atoms with van der Waals surface area (Å²) in [6.45, 7) is 59.8. The molecular formula is C111H125F3O2. The first-order chi connectivity index (χ1) is 54.4. The third-order valence-corrected chi connectivity index (χ3v) is 24.3. The fraction of sp³-hybridized carbons (Fsp3) is 0.279. The van der Waals surface area contributed by atoms with Crippen LogP contribution in [0, 0.1) is 194 Å². The van der Waals surface area contributed by atoms with Crippen molar-refractivity contribution >= 4 is 11.6 Å². The number of ketones is 2. The Labute approximate surface area is 695 Å². The highest BCUT2D eigenvalue weighted by atomic mass is 19.4. The van der Waals surface area contributed by atoms with Crippen molar-refractivity contribution in [3.05, 3.63) is 420 Å². The molecule has 2 nitrogen and oxygen atoms in total.